The number of benzene rings is 3. The van der Waals surface area contributed by atoms with Crippen molar-refractivity contribution in [1.29, 1.82) is 0 Å². The van der Waals surface area contributed by atoms with E-state index in [1.807, 2.05) is 71.0 Å². The third-order valence-corrected chi connectivity index (χ3v) is 8.73. The molecule has 1 unspecified atom stereocenters. The van der Waals surface area contributed by atoms with Crippen LogP contribution in [0.4, 0.5) is 5.69 Å². The molecule has 0 spiro atoms. The van der Waals surface area contributed by atoms with Crippen molar-refractivity contribution in [2.75, 3.05) is 17.4 Å². The Hall–Kier alpha value is -3.65. The topological polar surface area (TPSA) is 86.8 Å². The minimum atomic E-state index is -4.09. The SMILES string of the molecule is CCCCNC(=O)C(CC)N(Cc1ccc(C)cc1)C(=O)CN(c1ccccc1C)S(=O)(=O)c1ccc(C)cc1. The summed E-state index contributed by atoms with van der Waals surface area (Å²) in [6, 6.07) is 20.7. The second-order valence-electron chi connectivity index (χ2n) is 10.2. The van der Waals surface area contributed by atoms with E-state index in [9.17, 15) is 18.0 Å². The van der Waals surface area contributed by atoms with Crippen LogP contribution in [0.3, 0.4) is 0 Å². The van der Waals surface area contributed by atoms with Crippen molar-refractivity contribution in [3.63, 3.8) is 0 Å². The van der Waals surface area contributed by atoms with Crippen LogP contribution in [0, 0.1) is 20.8 Å². The Morgan fingerprint density at radius 3 is 2.02 bits per heavy atom. The van der Waals surface area contributed by atoms with Gasteiger partial charge in [-0.2, -0.15) is 0 Å². The number of anilines is 1. The molecule has 3 aromatic rings. The summed E-state index contributed by atoms with van der Waals surface area (Å²) in [6.07, 6.45) is 2.17. The van der Waals surface area contributed by atoms with Gasteiger partial charge < -0.3 is 10.2 Å². The number of carbonyl (C=O) groups excluding carboxylic acids is 2. The maximum atomic E-state index is 14.1. The number of sulfonamides is 1. The lowest BCUT2D eigenvalue weighted by molar-refractivity contribution is -0.140. The van der Waals surface area contributed by atoms with E-state index in [1.54, 1.807) is 36.4 Å². The van der Waals surface area contributed by atoms with Gasteiger partial charge in [0.25, 0.3) is 10.0 Å². The molecular formula is C32H41N3O4S. The van der Waals surface area contributed by atoms with Crippen LogP contribution in [0.5, 0.6) is 0 Å². The van der Waals surface area contributed by atoms with E-state index in [1.165, 1.54) is 9.21 Å². The standard InChI is InChI=1S/C32H41N3O4S/c1-6-8-21-33-32(37)29(7-2)34(22-27-17-13-24(3)14-18-27)31(36)23-35(30-12-10-9-11-26(30)5)40(38,39)28-19-15-25(4)16-20-28/h9-20,29H,6-8,21-23H2,1-5H3,(H,33,37). The molecule has 0 radical (unpaired) electrons. The quantitative estimate of drug-likeness (QED) is 0.277. The van der Waals surface area contributed by atoms with Crippen molar-refractivity contribution < 1.29 is 18.0 Å². The molecule has 40 heavy (non-hydrogen) atoms. The van der Waals surface area contributed by atoms with Gasteiger partial charge in [-0.25, -0.2) is 8.42 Å². The van der Waals surface area contributed by atoms with E-state index in [-0.39, 0.29) is 17.3 Å². The summed E-state index contributed by atoms with van der Waals surface area (Å²) < 4.78 is 29.1. The minimum absolute atomic E-state index is 0.101. The molecule has 0 fully saturated rings. The van der Waals surface area contributed by atoms with Gasteiger partial charge in [-0.05, 0) is 62.9 Å². The Kier molecular flexibility index (Phi) is 10.9. The van der Waals surface area contributed by atoms with Gasteiger partial charge in [0, 0.05) is 13.1 Å². The van der Waals surface area contributed by atoms with Crippen LogP contribution in [0.25, 0.3) is 0 Å². The number of para-hydroxylation sites is 1. The lowest BCUT2D eigenvalue weighted by Crippen LogP contribution is -2.52. The molecular weight excluding hydrogens is 522 g/mol. The molecule has 0 aliphatic heterocycles. The number of rotatable bonds is 13. The summed E-state index contributed by atoms with van der Waals surface area (Å²) in [5, 5.41) is 2.96. The van der Waals surface area contributed by atoms with E-state index >= 15 is 0 Å². The molecule has 0 saturated carbocycles. The zero-order chi connectivity index (χ0) is 29.3. The molecule has 8 heteroatoms. The van der Waals surface area contributed by atoms with Crippen LogP contribution in [0.1, 0.15) is 55.4 Å². The summed E-state index contributed by atoms with van der Waals surface area (Å²) >= 11 is 0. The molecule has 7 nitrogen and oxygen atoms in total. The van der Waals surface area contributed by atoms with Crippen LogP contribution in [-0.2, 0) is 26.2 Å². The lowest BCUT2D eigenvalue weighted by atomic mass is 10.1. The largest absolute Gasteiger partial charge is 0.354 e. The zero-order valence-electron chi connectivity index (χ0n) is 24.2. The van der Waals surface area contributed by atoms with E-state index in [2.05, 4.69) is 5.32 Å². The zero-order valence-corrected chi connectivity index (χ0v) is 25.0. The van der Waals surface area contributed by atoms with Crippen molar-refractivity contribution in [3.8, 4) is 0 Å². The number of hydrogen-bond acceptors (Lipinski definition) is 4. The maximum absolute atomic E-state index is 14.1. The number of carbonyl (C=O) groups is 2. The second-order valence-corrected chi connectivity index (χ2v) is 12.0. The molecule has 3 aromatic carbocycles. The number of nitrogens with one attached hydrogen (secondary N) is 1. The van der Waals surface area contributed by atoms with Gasteiger partial charge in [0.2, 0.25) is 11.8 Å². The van der Waals surface area contributed by atoms with Gasteiger partial charge in [-0.3, -0.25) is 13.9 Å². The highest BCUT2D eigenvalue weighted by Crippen LogP contribution is 2.27. The van der Waals surface area contributed by atoms with Gasteiger partial charge in [0.15, 0.2) is 0 Å². The summed E-state index contributed by atoms with van der Waals surface area (Å²) in [6.45, 7) is 9.87. The molecule has 1 atom stereocenters. The van der Waals surface area contributed by atoms with Crippen molar-refractivity contribution in [2.45, 2.75) is 71.4 Å². The van der Waals surface area contributed by atoms with Gasteiger partial charge in [-0.15, -0.1) is 0 Å². The van der Waals surface area contributed by atoms with Crippen molar-refractivity contribution in [1.82, 2.24) is 10.2 Å². The molecule has 0 heterocycles. The van der Waals surface area contributed by atoms with Crippen LogP contribution >= 0.6 is 0 Å². The number of nitrogens with zero attached hydrogens (tertiary/aromatic N) is 2. The Labute approximate surface area is 239 Å². The lowest BCUT2D eigenvalue weighted by Gasteiger charge is -2.33. The van der Waals surface area contributed by atoms with Gasteiger partial charge >= 0.3 is 0 Å². The molecule has 0 bridgehead atoms. The maximum Gasteiger partial charge on any atom is 0.264 e. The molecule has 214 valence electrons. The Balaban J connectivity index is 2.04. The first kappa shape index (κ1) is 30.9. The van der Waals surface area contributed by atoms with Gasteiger partial charge in [0.05, 0.1) is 10.6 Å². The van der Waals surface area contributed by atoms with Crippen LogP contribution in [0.2, 0.25) is 0 Å². The highest BCUT2D eigenvalue weighted by Gasteiger charge is 2.34. The van der Waals surface area contributed by atoms with Gasteiger partial charge in [-0.1, -0.05) is 86.0 Å². The Bertz CT molecular complexity index is 1390. The number of aryl methyl sites for hydroxylation is 3. The fourth-order valence-corrected chi connectivity index (χ4v) is 5.99. The molecule has 0 aliphatic carbocycles. The minimum Gasteiger partial charge on any atom is -0.354 e. The predicted molar refractivity (Wildman–Crippen MR) is 161 cm³/mol. The van der Waals surface area contributed by atoms with Crippen molar-refractivity contribution >= 4 is 27.5 Å². The molecule has 0 aromatic heterocycles. The highest BCUT2D eigenvalue weighted by molar-refractivity contribution is 7.92. The Morgan fingerprint density at radius 2 is 1.45 bits per heavy atom. The van der Waals surface area contributed by atoms with Gasteiger partial charge in [0.1, 0.15) is 12.6 Å². The van der Waals surface area contributed by atoms with Crippen molar-refractivity contribution in [2.24, 2.45) is 0 Å². The average molecular weight is 564 g/mol. The van der Waals surface area contributed by atoms with Crippen molar-refractivity contribution in [3.05, 3.63) is 95.1 Å². The van der Waals surface area contributed by atoms with Crippen LogP contribution < -0.4 is 9.62 Å². The third kappa shape index (κ3) is 7.72. The normalized spacial score (nSPS) is 12.0. The first-order valence-corrected chi connectivity index (χ1v) is 15.3. The van der Waals surface area contributed by atoms with E-state index in [0.717, 1.165) is 35.1 Å². The van der Waals surface area contributed by atoms with Crippen LogP contribution in [0.15, 0.2) is 77.7 Å². The van der Waals surface area contributed by atoms with E-state index in [4.69, 9.17) is 0 Å². The number of unbranched alkanes of at least 4 members (excludes halogenated alkanes) is 1. The summed E-state index contributed by atoms with van der Waals surface area (Å²) in [5.74, 6) is -0.683. The second kappa shape index (κ2) is 14.1. The first-order valence-electron chi connectivity index (χ1n) is 13.9. The fraction of sp³-hybridized carbons (Fsp3) is 0.375. The van der Waals surface area contributed by atoms with E-state index in [0.29, 0.717) is 18.7 Å². The first-order chi connectivity index (χ1) is 19.1. The summed E-state index contributed by atoms with van der Waals surface area (Å²) in [7, 11) is -4.09. The molecule has 0 saturated heterocycles. The highest BCUT2D eigenvalue weighted by atomic mass is 32.2. The summed E-state index contributed by atoms with van der Waals surface area (Å²) in [4.78, 5) is 29.0. The predicted octanol–water partition coefficient (Wildman–Crippen LogP) is 5.53. The molecule has 3 rings (SSSR count). The number of hydrogen-bond donors (Lipinski definition) is 1. The van der Waals surface area contributed by atoms with Crippen LogP contribution in [-0.4, -0.2) is 44.3 Å². The number of amides is 2. The summed E-state index contributed by atoms with van der Waals surface area (Å²) in [5.41, 5.74) is 4.03. The smallest absolute Gasteiger partial charge is 0.264 e. The third-order valence-electron chi connectivity index (χ3n) is 6.96. The molecule has 2 amide bonds. The Morgan fingerprint density at radius 1 is 0.850 bits per heavy atom. The monoisotopic (exact) mass is 563 g/mol. The average Bonchev–Trinajstić information content (AvgIpc) is 2.93. The fourth-order valence-electron chi connectivity index (χ4n) is 4.51. The van der Waals surface area contributed by atoms with E-state index < -0.39 is 28.5 Å². The molecule has 0 aliphatic rings. The molecule has 1 N–H and O–H groups in total.